The molecule has 6 N–H and O–H groups in total. The largest absolute Gasteiger partial charge is 0.392 e. The van der Waals surface area contributed by atoms with Gasteiger partial charge in [-0.3, -0.25) is 14.4 Å². The van der Waals surface area contributed by atoms with Crippen molar-refractivity contribution in [1.29, 1.82) is 0 Å². The van der Waals surface area contributed by atoms with Gasteiger partial charge in [-0.15, -0.1) is 0 Å². The number of carbonyl (C=O) groups excluding carboxylic acids is 3. The molecule has 0 fully saturated rings. The number of hydrogen-bond acceptors (Lipinski definition) is 6. The Kier molecular flexibility index (Phi) is 11.7. The number of nitrogens with two attached hydrogens (primary N) is 1. The van der Waals surface area contributed by atoms with E-state index in [0.29, 0.717) is 25.3 Å². The van der Waals surface area contributed by atoms with E-state index in [2.05, 4.69) is 16.0 Å². The van der Waals surface area contributed by atoms with E-state index in [1.54, 1.807) is 52.0 Å². The maximum atomic E-state index is 12.8. The van der Waals surface area contributed by atoms with Gasteiger partial charge < -0.3 is 31.5 Å². The highest BCUT2D eigenvalue weighted by atomic mass is 16.5. The number of benzene rings is 1. The molecule has 0 aliphatic heterocycles. The summed E-state index contributed by atoms with van der Waals surface area (Å²) in [6.45, 7) is 11.7. The summed E-state index contributed by atoms with van der Waals surface area (Å²) in [5, 5.41) is 17.2. The summed E-state index contributed by atoms with van der Waals surface area (Å²) < 4.78 is 6.00. The lowest BCUT2D eigenvalue weighted by Crippen LogP contribution is -2.52. The Bertz CT molecular complexity index is 812. The number of rotatable bonds is 14. The fraction of sp³-hybridized carbons (Fsp3) is 0.640. The van der Waals surface area contributed by atoms with Crippen molar-refractivity contribution in [2.45, 2.75) is 85.1 Å². The van der Waals surface area contributed by atoms with E-state index in [1.807, 2.05) is 13.8 Å². The Hall–Kier alpha value is -2.49. The number of ether oxygens (including phenoxy) is 1. The number of amides is 3. The van der Waals surface area contributed by atoms with Crippen LogP contribution in [0.25, 0.3) is 0 Å². The molecule has 0 bridgehead atoms. The van der Waals surface area contributed by atoms with Crippen LogP contribution in [0.15, 0.2) is 24.3 Å². The first-order chi connectivity index (χ1) is 15.9. The molecule has 34 heavy (non-hydrogen) atoms. The second kappa shape index (κ2) is 13.4. The van der Waals surface area contributed by atoms with Crippen molar-refractivity contribution < 1.29 is 24.2 Å². The summed E-state index contributed by atoms with van der Waals surface area (Å²) in [7, 11) is 0. The first kappa shape index (κ1) is 29.5. The summed E-state index contributed by atoms with van der Waals surface area (Å²) >= 11 is 0. The molecule has 0 heterocycles. The molecule has 1 rings (SSSR count). The molecule has 0 saturated heterocycles. The quantitative estimate of drug-likeness (QED) is 0.277. The first-order valence-electron chi connectivity index (χ1n) is 11.8. The molecule has 0 radical (unpaired) electrons. The molecule has 1 unspecified atom stereocenters. The van der Waals surface area contributed by atoms with Crippen LogP contribution in [0.1, 0.15) is 66.4 Å². The Morgan fingerprint density at radius 1 is 1.00 bits per heavy atom. The number of anilines is 1. The van der Waals surface area contributed by atoms with Crippen molar-refractivity contribution in [3.63, 3.8) is 0 Å². The van der Waals surface area contributed by atoms with E-state index in [4.69, 9.17) is 15.6 Å². The van der Waals surface area contributed by atoms with Crippen molar-refractivity contribution in [3.05, 3.63) is 29.8 Å². The normalized spacial score (nSPS) is 15.1. The lowest BCUT2D eigenvalue weighted by atomic mass is 9.88. The van der Waals surface area contributed by atoms with Crippen LogP contribution in [0, 0.1) is 5.41 Å². The zero-order chi connectivity index (χ0) is 25.9. The summed E-state index contributed by atoms with van der Waals surface area (Å²) in [5.74, 6) is -1.12. The third-order valence-corrected chi connectivity index (χ3v) is 6.11. The van der Waals surface area contributed by atoms with Crippen molar-refractivity contribution in [2.75, 3.05) is 18.5 Å². The third-order valence-electron chi connectivity index (χ3n) is 6.11. The topological polar surface area (TPSA) is 143 Å². The number of carbonyl (C=O) groups is 3. The molecule has 0 aromatic heterocycles. The Balaban J connectivity index is 2.54. The molecule has 9 nitrogen and oxygen atoms in total. The molecule has 3 amide bonds. The molecular weight excluding hydrogens is 436 g/mol. The zero-order valence-electron chi connectivity index (χ0n) is 21.4. The van der Waals surface area contributed by atoms with E-state index in [1.165, 1.54) is 0 Å². The van der Waals surface area contributed by atoms with E-state index < -0.39 is 29.3 Å². The van der Waals surface area contributed by atoms with Crippen LogP contribution in [-0.4, -0.2) is 53.7 Å². The molecule has 0 aliphatic rings. The van der Waals surface area contributed by atoms with Crippen LogP contribution in [0.4, 0.5) is 5.69 Å². The minimum Gasteiger partial charge on any atom is -0.392 e. The van der Waals surface area contributed by atoms with Crippen LogP contribution >= 0.6 is 0 Å². The van der Waals surface area contributed by atoms with Gasteiger partial charge in [-0.1, -0.05) is 32.9 Å². The molecule has 1 aromatic rings. The summed E-state index contributed by atoms with van der Waals surface area (Å²) in [4.78, 5) is 37.7. The highest BCUT2D eigenvalue weighted by Gasteiger charge is 2.31. The molecular formula is C25H42N4O5. The predicted molar refractivity (Wildman–Crippen MR) is 133 cm³/mol. The summed E-state index contributed by atoms with van der Waals surface area (Å²) in [6, 6.07) is 5.12. The fourth-order valence-electron chi connectivity index (χ4n) is 3.13. The Morgan fingerprint density at radius 2 is 1.59 bits per heavy atom. The lowest BCUT2D eigenvalue weighted by molar-refractivity contribution is -0.136. The summed E-state index contributed by atoms with van der Waals surface area (Å²) in [6.07, 6.45) is 2.06. The van der Waals surface area contributed by atoms with E-state index >= 15 is 0 Å². The van der Waals surface area contributed by atoms with Crippen LogP contribution in [0.3, 0.4) is 0 Å². The van der Waals surface area contributed by atoms with E-state index in [-0.39, 0.29) is 18.1 Å². The molecule has 3 atom stereocenters. The lowest BCUT2D eigenvalue weighted by Gasteiger charge is -2.31. The van der Waals surface area contributed by atoms with E-state index in [0.717, 1.165) is 18.4 Å². The number of nitrogens with one attached hydrogen (secondary N) is 3. The monoisotopic (exact) mass is 478 g/mol. The van der Waals surface area contributed by atoms with E-state index in [9.17, 15) is 14.4 Å². The molecule has 1 aromatic carbocycles. The van der Waals surface area contributed by atoms with Crippen molar-refractivity contribution in [3.8, 4) is 0 Å². The molecule has 0 aliphatic carbocycles. The zero-order valence-corrected chi connectivity index (χ0v) is 21.4. The van der Waals surface area contributed by atoms with Crippen molar-refractivity contribution in [2.24, 2.45) is 11.1 Å². The van der Waals surface area contributed by atoms with Gasteiger partial charge in [0.2, 0.25) is 17.7 Å². The van der Waals surface area contributed by atoms with Gasteiger partial charge in [-0.25, -0.2) is 0 Å². The van der Waals surface area contributed by atoms with Crippen LogP contribution in [0.5, 0.6) is 0 Å². The highest BCUT2D eigenvalue weighted by molar-refractivity contribution is 5.98. The Morgan fingerprint density at radius 3 is 2.12 bits per heavy atom. The van der Waals surface area contributed by atoms with Gasteiger partial charge in [0.15, 0.2) is 0 Å². The molecule has 192 valence electrons. The number of aliphatic hydroxyl groups excluding tert-OH is 1. The smallest absolute Gasteiger partial charge is 0.246 e. The molecule has 0 saturated carbocycles. The van der Waals surface area contributed by atoms with Gasteiger partial charge in [-0.05, 0) is 64.3 Å². The minimum atomic E-state index is -0.815. The van der Waals surface area contributed by atoms with Crippen molar-refractivity contribution >= 4 is 23.4 Å². The van der Waals surface area contributed by atoms with Gasteiger partial charge >= 0.3 is 0 Å². The number of hydrogen-bond donors (Lipinski definition) is 5. The second-order valence-electron chi connectivity index (χ2n) is 9.59. The third kappa shape index (κ3) is 9.40. The van der Waals surface area contributed by atoms with Crippen molar-refractivity contribution in [1.82, 2.24) is 10.6 Å². The van der Waals surface area contributed by atoms with Crippen LogP contribution < -0.4 is 21.7 Å². The maximum absolute atomic E-state index is 12.8. The standard InChI is InChI=1S/C25H42N4O5/c1-7-25(6,12-14-26)34-15-13-24(4,5)23(33)28-18(3)21(31)27-17(2)22(32)29-20-10-8-19(16-30)9-11-20/h8-11,17-18,30H,7,12-16,26H2,1-6H3,(H,27,31)(H,28,33)(H,29,32)/t17-,18-,25?/m0/s1. The van der Waals surface area contributed by atoms with Gasteiger partial charge in [-0.2, -0.15) is 0 Å². The number of aliphatic hydroxyl groups is 1. The fourth-order valence-corrected chi connectivity index (χ4v) is 3.13. The average Bonchev–Trinajstić information content (AvgIpc) is 2.79. The second-order valence-corrected chi connectivity index (χ2v) is 9.59. The van der Waals surface area contributed by atoms with Gasteiger partial charge in [0.1, 0.15) is 12.1 Å². The molecule has 9 heteroatoms. The Labute approximate surface area is 203 Å². The average molecular weight is 479 g/mol. The molecule has 0 spiro atoms. The first-order valence-corrected chi connectivity index (χ1v) is 11.8. The van der Waals surface area contributed by atoms with Crippen LogP contribution in [0.2, 0.25) is 0 Å². The van der Waals surface area contributed by atoms with Gasteiger partial charge in [0.25, 0.3) is 0 Å². The van der Waals surface area contributed by atoms with Gasteiger partial charge in [0, 0.05) is 17.7 Å². The minimum absolute atomic E-state index is 0.0828. The predicted octanol–water partition coefficient (Wildman–Crippen LogP) is 2.08. The van der Waals surface area contributed by atoms with Gasteiger partial charge in [0.05, 0.1) is 12.2 Å². The maximum Gasteiger partial charge on any atom is 0.246 e. The highest BCUT2D eigenvalue weighted by Crippen LogP contribution is 2.25. The SMILES string of the molecule is CCC(C)(CCN)OCCC(C)(C)C(=O)N[C@@H](C)C(=O)N[C@@H](C)C(=O)Nc1ccc(CO)cc1. The summed E-state index contributed by atoms with van der Waals surface area (Å²) in [5.41, 5.74) is 5.90. The van der Waals surface area contributed by atoms with Crippen LogP contribution in [-0.2, 0) is 25.7 Å².